The summed E-state index contributed by atoms with van der Waals surface area (Å²) in [5, 5.41) is 13.2. The van der Waals surface area contributed by atoms with E-state index in [-0.39, 0.29) is 0 Å². The van der Waals surface area contributed by atoms with E-state index in [0.717, 1.165) is 23.4 Å². The molecule has 0 heterocycles. The zero-order valence-electron chi connectivity index (χ0n) is 10.7. The molecule has 3 heteroatoms. The molecule has 2 atom stereocenters. The third-order valence-electron chi connectivity index (χ3n) is 3.85. The molecule has 4 N–H and O–H groups in total. The second-order valence-electron chi connectivity index (χ2n) is 5.13. The fourth-order valence-corrected chi connectivity index (χ4v) is 2.67. The van der Waals surface area contributed by atoms with Gasteiger partial charge >= 0.3 is 0 Å². The summed E-state index contributed by atoms with van der Waals surface area (Å²) in [7, 11) is 0. The lowest BCUT2D eigenvalue weighted by Gasteiger charge is -2.22. The van der Waals surface area contributed by atoms with Crippen molar-refractivity contribution in [3.05, 3.63) is 23.3 Å². The van der Waals surface area contributed by atoms with E-state index in [2.05, 4.69) is 5.32 Å². The molecule has 2 unspecified atom stereocenters. The van der Waals surface area contributed by atoms with Crippen LogP contribution in [0.2, 0.25) is 0 Å². The number of hydrogen-bond acceptors (Lipinski definition) is 3. The van der Waals surface area contributed by atoms with Gasteiger partial charge in [-0.25, -0.2) is 0 Å². The van der Waals surface area contributed by atoms with Crippen LogP contribution in [0.1, 0.15) is 30.4 Å². The normalized spacial score (nSPS) is 23.9. The third kappa shape index (κ3) is 2.55. The number of rotatable bonds is 3. The summed E-state index contributed by atoms with van der Waals surface area (Å²) in [5.74, 6) is 0.957. The van der Waals surface area contributed by atoms with Crippen LogP contribution in [0.4, 0.5) is 5.69 Å². The zero-order chi connectivity index (χ0) is 12.4. The zero-order valence-corrected chi connectivity index (χ0v) is 10.7. The number of benzene rings is 1. The van der Waals surface area contributed by atoms with Gasteiger partial charge in [-0.05, 0) is 62.4 Å². The predicted octanol–water partition coefficient (Wildman–Crippen LogP) is 2.55. The number of aryl methyl sites for hydroxylation is 2. The number of anilines is 1. The maximum Gasteiger partial charge on any atom is 0.118 e. The van der Waals surface area contributed by atoms with Gasteiger partial charge in [-0.1, -0.05) is 6.42 Å². The minimum atomic E-state index is 0.370. The van der Waals surface area contributed by atoms with E-state index in [4.69, 9.17) is 5.73 Å². The largest absolute Gasteiger partial charge is 0.508 e. The van der Waals surface area contributed by atoms with Crippen molar-refractivity contribution in [3.8, 4) is 5.75 Å². The van der Waals surface area contributed by atoms with Crippen molar-refractivity contribution in [2.75, 3.05) is 11.9 Å². The molecule has 94 valence electrons. The number of phenolic OH excluding ortho intramolecular Hbond substituents is 1. The first-order chi connectivity index (χ1) is 8.11. The second-order valence-corrected chi connectivity index (χ2v) is 5.13. The van der Waals surface area contributed by atoms with Gasteiger partial charge in [0.05, 0.1) is 0 Å². The Labute approximate surface area is 103 Å². The van der Waals surface area contributed by atoms with Crippen molar-refractivity contribution in [3.63, 3.8) is 0 Å². The Morgan fingerprint density at radius 3 is 2.76 bits per heavy atom. The highest BCUT2D eigenvalue weighted by atomic mass is 16.3. The molecule has 3 nitrogen and oxygen atoms in total. The number of aromatic hydroxyl groups is 1. The van der Waals surface area contributed by atoms with Crippen LogP contribution in [0.15, 0.2) is 12.1 Å². The lowest BCUT2D eigenvalue weighted by Crippen LogP contribution is -2.29. The van der Waals surface area contributed by atoms with E-state index in [1.165, 1.54) is 19.3 Å². The van der Waals surface area contributed by atoms with Crippen molar-refractivity contribution in [1.29, 1.82) is 0 Å². The Morgan fingerprint density at radius 2 is 2.06 bits per heavy atom. The molecular formula is C14H22N2O. The Morgan fingerprint density at radius 1 is 1.29 bits per heavy atom. The second kappa shape index (κ2) is 4.96. The van der Waals surface area contributed by atoms with E-state index in [1.807, 2.05) is 26.0 Å². The van der Waals surface area contributed by atoms with Crippen molar-refractivity contribution in [1.82, 2.24) is 0 Å². The fraction of sp³-hybridized carbons (Fsp3) is 0.571. The molecule has 2 rings (SSSR count). The molecule has 1 saturated carbocycles. The van der Waals surface area contributed by atoms with Gasteiger partial charge in [-0.2, -0.15) is 0 Å². The van der Waals surface area contributed by atoms with E-state index in [9.17, 15) is 5.11 Å². The van der Waals surface area contributed by atoms with E-state index in [0.29, 0.717) is 17.7 Å². The van der Waals surface area contributed by atoms with Crippen LogP contribution < -0.4 is 11.1 Å². The topological polar surface area (TPSA) is 58.3 Å². The molecule has 1 aliphatic rings. The first kappa shape index (κ1) is 12.2. The predicted molar refractivity (Wildman–Crippen MR) is 71.4 cm³/mol. The Kier molecular flexibility index (Phi) is 3.57. The summed E-state index contributed by atoms with van der Waals surface area (Å²) in [4.78, 5) is 0. The molecule has 0 aliphatic heterocycles. The van der Waals surface area contributed by atoms with E-state index >= 15 is 0 Å². The monoisotopic (exact) mass is 234 g/mol. The Balaban J connectivity index is 2.15. The van der Waals surface area contributed by atoms with Crippen molar-refractivity contribution >= 4 is 5.69 Å². The highest BCUT2D eigenvalue weighted by Crippen LogP contribution is 2.31. The maximum atomic E-state index is 9.64. The van der Waals surface area contributed by atoms with Crippen LogP contribution in [0.3, 0.4) is 0 Å². The van der Waals surface area contributed by atoms with Gasteiger partial charge in [-0.3, -0.25) is 0 Å². The summed E-state index contributed by atoms with van der Waals surface area (Å²) in [6.45, 7) is 4.71. The number of nitrogens with one attached hydrogen (secondary N) is 1. The van der Waals surface area contributed by atoms with Crippen LogP contribution in [0.25, 0.3) is 0 Å². The number of hydrogen-bond donors (Lipinski definition) is 3. The molecule has 1 aromatic rings. The van der Waals surface area contributed by atoms with Gasteiger partial charge in [0, 0.05) is 11.7 Å². The Hall–Kier alpha value is -1.22. The van der Waals surface area contributed by atoms with Crippen molar-refractivity contribution < 1.29 is 5.11 Å². The molecule has 1 fully saturated rings. The molecule has 0 radical (unpaired) electrons. The molecule has 0 amide bonds. The molecule has 1 aliphatic carbocycles. The van der Waals surface area contributed by atoms with E-state index in [1.54, 1.807) is 0 Å². The molecule has 0 spiro atoms. The first-order valence-electron chi connectivity index (χ1n) is 6.38. The van der Waals surface area contributed by atoms with Crippen LogP contribution in [-0.4, -0.2) is 17.7 Å². The third-order valence-corrected chi connectivity index (χ3v) is 3.85. The molecule has 0 bridgehead atoms. The van der Waals surface area contributed by atoms with Gasteiger partial charge in [0.15, 0.2) is 0 Å². The summed E-state index contributed by atoms with van der Waals surface area (Å²) < 4.78 is 0. The summed E-state index contributed by atoms with van der Waals surface area (Å²) in [5.41, 5.74) is 8.93. The maximum absolute atomic E-state index is 9.64. The van der Waals surface area contributed by atoms with Crippen LogP contribution in [0, 0.1) is 19.8 Å². The quantitative estimate of drug-likeness (QED) is 0.704. The van der Waals surface area contributed by atoms with Gasteiger partial charge < -0.3 is 16.2 Å². The van der Waals surface area contributed by atoms with Crippen LogP contribution >= 0.6 is 0 Å². The standard InChI is InChI=1S/C14H22N2O/c1-9-7-14(17)10(2)6-13(9)16-12-5-3-4-11(12)8-15/h6-7,11-12,16-17H,3-5,8,15H2,1-2H3. The Bertz CT molecular complexity index is 403. The molecule has 0 saturated heterocycles. The van der Waals surface area contributed by atoms with Crippen LogP contribution in [0.5, 0.6) is 5.75 Å². The average molecular weight is 234 g/mol. The fourth-order valence-electron chi connectivity index (χ4n) is 2.67. The molecule has 0 aromatic heterocycles. The molecular weight excluding hydrogens is 212 g/mol. The molecule has 1 aromatic carbocycles. The van der Waals surface area contributed by atoms with Crippen molar-refractivity contribution in [2.45, 2.75) is 39.2 Å². The average Bonchev–Trinajstić information content (AvgIpc) is 2.73. The van der Waals surface area contributed by atoms with Gasteiger partial charge in [0.1, 0.15) is 5.75 Å². The SMILES string of the molecule is Cc1cc(NC2CCCC2CN)c(C)cc1O. The highest BCUT2D eigenvalue weighted by molar-refractivity contribution is 5.57. The lowest BCUT2D eigenvalue weighted by molar-refractivity contribution is 0.470. The first-order valence-corrected chi connectivity index (χ1v) is 6.38. The van der Waals surface area contributed by atoms with E-state index < -0.39 is 0 Å². The molecule has 17 heavy (non-hydrogen) atoms. The summed E-state index contributed by atoms with van der Waals surface area (Å²) in [6.07, 6.45) is 3.68. The highest BCUT2D eigenvalue weighted by Gasteiger charge is 2.26. The summed E-state index contributed by atoms with van der Waals surface area (Å²) in [6, 6.07) is 4.34. The number of phenols is 1. The number of nitrogens with two attached hydrogens (primary N) is 1. The van der Waals surface area contributed by atoms with Gasteiger partial charge in [0.2, 0.25) is 0 Å². The summed E-state index contributed by atoms with van der Waals surface area (Å²) >= 11 is 0. The lowest BCUT2D eigenvalue weighted by atomic mass is 10.0. The van der Waals surface area contributed by atoms with Gasteiger partial charge in [-0.15, -0.1) is 0 Å². The minimum absolute atomic E-state index is 0.370. The van der Waals surface area contributed by atoms with Crippen molar-refractivity contribution in [2.24, 2.45) is 11.7 Å². The minimum Gasteiger partial charge on any atom is -0.508 e. The smallest absolute Gasteiger partial charge is 0.118 e. The van der Waals surface area contributed by atoms with Crippen LogP contribution in [-0.2, 0) is 0 Å². The van der Waals surface area contributed by atoms with Gasteiger partial charge in [0.25, 0.3) is 0 Å².